The molecule has 0 atom stereocenters. The van der Waals surface area contributed by atoms with Crippen LogP contribution in [0.1, 0.15) is 110 Å². The summed E-state index contributed by atoms with van der Waals surface area (Å²) in [6.07, 6.45) is 9.13. The maximum Gasteiger partial charge on any atom is -0.0274 e. The molecule has 0 aliphatic rings. The highest BCUT2D eigenvalue weighted by atomic mass is 14.1. The molecular formula is C25H48. The first-order valence-electron chi connectivity index (χ1n) is 10.9. The van der Waals surface area contributed by atoms with Crippen LogP contribution in [0.2, 0.25) is 0 Å². The molecule has 0 aliphatic carbocycles. The zero-order valence-corrected chi connectivity index (χ0v) is 19.3. The van der Waals surface area contributed by atoms with Crippen molar-refractivity contribution in [1.82, 2.24) is 0 Å². The largest absolute Gasteiger partial charge is 0.0683 e. The van der Waals surface area contributed by atoms with Gasteiger partial charge in [-0.05, 0) is 73.6 Å². The van der Waals surface area contributed by atoms with Gasteiger partial charge in [0.1, 0.15) is 0 Å². The number of rotatable bonds is 8. The third-order valence-electron chi connectivity index (χ3n) is 4.48. The van der Waals surface area contributed by atoms with Gasteiger partial charge in [0.25, 0.3) is 0 Å². The third-order valence-corrected chi connectivity index (χ3v) is 4.48. The number of hydrogen-bond donors (Lipinski definition) is 0. The molecule has 0 aliphatic heterocycles. The Kier molecular flexibility index (Phi) is 17.6. The molecule has 0 heteroatoms. The molecule has 0 unspecified atom stereocenters. The van der Waals surface area contributed by atoms with E-state index in [1.807, 2.05) is 13.8 Å². The standard InChI is InChI=1S/C18H30.C5H12.C2H6/c1-13(2)7-9-17-11-16(6)18(12-15(17)5)10-8-14(3)4;1-3-5-4-2;1-2/h11-14H,7-10H2,1-6H3;3-5H2,1-2H3;1-2H3. The maximum absolute atomic E-state index is 2.42. The molecule has 0 fully saturated rings. The van der Waals surface area contributed by atoms with Crippen molar-refractivity contribution in [2.75, 3.05) is 0 Å². The molecule has 148 valence electrons. The first kappa shape index (κ1) is 26.4. The zero-order chi connectivity index (χ0) is 19.8. The fourth-order valence-corrected chi connectivity index (χ4v) is 2.72. The lowest BCUT2D eigenvalue weighted by atomic mass is 9.92. The summed E-state index contributed by atoms with van der Waals surface area (Å²) in [7, 11) is 0. The Labute approximate surface area is 160 Å². The van der Waals surface area contributed by atoms with Crippen LogP contribution in [0.15, 0.2) is 12.1 Å². The summed E-state index contributed by atoms with van der Waals surface area (Å²) >= 11 is 0. The predicted molar refractivity (Wildman–Crippen MR) is 119 cm³/mol. The number of benzene rings is 1. The highest BCUT2D eigenvalue weighted by molar-refractivity contribution is 5.37. The van der Waals surface area contributed by atoms with E-state index in [0.29, 0.717) is 0 Å². The van der Waals surface area contributed by atoms with E-state index in [0.717, 1.165) is 11.8 Å². The minimum Gasteiger partial charge on any atom is -0.0683 e. The minimum absolute atomic E-state index is 0.797. The molecule has 25 heavy (non-hydrogen) atoms. The van der Waals surface area contributed by atoms with Gasteiger partial charge in [-0.1, -0.05) is 86.8 Å². The van der Waals surface area contributed by atoms with Gasteiger partial charge in [-0.3, -0.25) is 0 Å². The van der Waals surface area contributed by atoms with Crippen LogP contribution < -0.4 is 0 Å². The molecule has 0 heterocycles. The smallest absolute Gasteiger partial charge is 0.0274 e. The quantitative estimate of drug-likeness (QED) is 0.440. The monoisotopic (exact) mass is 348 g/mol. The molecule has 0 saturated heterocycles. The van der Waals surface area contributed by atoms with Crippen molar-refractivity contribution < 1.29 is 0 Å². The summed E-state index contributed by atoms with van der Waals surface area (Å²) in [4.78, 5) is 0. The van der Waals surface area contributed by atoms with Crippen molar-refractivity contribution in [3.8, 4) is 0 Å². The highest BCUT2D eigenvalue weighted by Gasteiger charge is 2.06. The molecule has 0 radical (unpaired) electrons. The van der Waals surface area contributed by atoms with Crippen molar-refractivity contribution in [3.63, 3.8) is 0 Å². The van der Waals surface area contributed by atoms with Crippen LogP contribution in [-0.4, -0.2) is 0 Å². The molecular weight excluding hydrogens is 300 g/mol. The van der Waals surface area contributed by atoms with Gasteiger partial charge in [-0.15, -0.1) is 0 Å². The molecule has 0 amide bonds. The number of unbranched alkanes of at least 4 members (excludes halogenated alkanes) is 2. The van der Waals surface area contributed by atoms with Crippen LogP contribution in [0, 0.1) is 25.7 Å². The van der Waals surface area contributed by atoms with E-state index >= 15 is 0 Å². The van der Waals surface area contributed by atoms with Crippen molar-refractivity contribution in [2.24, 2.45) is 11.8 Å². The third kappa shape index (κ3) is 14.1. The van der Waals surface area contributed by atoms with Crippen LogP contribution in [0.25, 0.3) is 0 Å². The molecule has 1 rings (SSSR count). The predicted octanol–water partition coefficient (Wildman–Crippen LogP) is 8.70. The second-order valence-electron chi connectivity index (χ2n) is 7.92. The number of aryl methyl sites for hydroxylation is 4. The van der Waals surface area contributed by atoms with Gasteiger partial charge in [-0.2, -0.15) is 0 Å². The van der Waals surface area contributed by atoms with E-state index in [-0.39, 0.29) is 0 Å². The van der Waals surface area contributed by atoms with Crippen molar-refractivity contribution in [3.05, 3.63) is 34.4 Å². The van der Waals surface area contributed by atoms with E-state index in [1.54, 1.807) is 11.1 Å². The zero-order valence-electron chi connectivity index (χ0n) is 19.3. The fraction of sp³-hybridized carbons (Fsp3) is 0.760. The van der Waals surface area contributed by atoms with Crippen LogP contribution in [0.4, 0.5) is 0 Å². The molecule has 0 aromatic heterocycles. The van der Waals surface area contributed by atoms with Crippen molar-refractivity contribution >= 4 is 0 Å². The van der Waals surface area contributed by atoms with Crippen LogP contribution in [0.5, 0.6) is 0 Å². The van der Waals surface area contributed by atoms with Crippen LogP contribution >= 0.6 is 0 Å². The topological polar surface area (TPSA) is 0 Å². The van der Waals surface area contributed by atoms with Gasteiger partial charge in [0.05, 0.1) is 0 Å². The average molecular weight is 349 g/mol. The number of hydrogen-bond acceptors (Lipinski definition) is 0. The second kappa shape index (κ2) is 16.7. The first-order valence-corrected chi connectivity index (χ1v) is 10.9. The molecule has 0 bridgehead atoms. The summed E-state index contributed by atoms with van der Waals surface area (Å²) < 4.78 is 0. The highest BCUT2D eigenvalue weighted by Crippen LogP contribution is 2.21. The van der Waals surface area contributed by atoms with E-state index in [4.69, 9.17) is 0 Å². The van der Waals surface area contributed by atoms with Crippen molar-refractivity contribution in [2.45, 2.75) is 114 Å². The van der Waals surface area contributed by atoms with Gasteiger partial charge >= 0.3 is 0 Å². The fourth-order valence-electron chi connectivity index (χ4n) is 2.72. The summed E-state index contributed by atoms with van der Waals surface area (Å²) in [6, 6.07) is 4.85. The minimum atomic E-state index is 0.797. The summed E-state index contributed by atoms with van der Waals surface area (Å²) in [5.41, 5.74) is 6.07. The lowest BCUT2D eigenvalue weighted by Crippen LogP contribution is -2.00. The SMILES string of the molecule is CC.CCCCC.Cc1cc(CCC(C)C)c(C)cc1CCC(C)C. The van der Waals surface area contributed by atoms with E-state index < -0.39 is 0 Å². The van der Waals surface area contributed by atoms with Gasteiger partial charge in [-0.25, -0.2) is 0 Å². The molecule has 1 aromatic carbocycles. The lowest BCUT2D eigenvalue weighted by Gasteiger charge is -2.14. The Hall–Kier alpha value is -0.780. The first-order chi connectivity index (χ1) is 11.8. The van der Waals surface area contributed by atoms with Gasteiger partial charge in [0.15, 0.2) is 0 Å². The Morgan fingerprint density at radius 1 is 0.680 bits per heavy atom. The summed E-state index contributed by atoms with van der Waals surface area (Å²) in [5, 5.41) is 0. The molecule has 0 saturated carbocycles. The summed E-state index contributed by atoms with van der Waals surface area (Å²) in [6.45, 7) is 22.2. The Balaban J connectivity index is 0. The van der Waals surface area contributed by atoms with E-state index in [9.17, 15) is 0 Å². The molecule has 0 N–H and O–H groups in total. The van der Waals surface area contributed by atoms with Crippen LogP contribution in [-0.2, 0) is 12.8 Å². The van der Waals surface area contributed by atoms with Crippen molar-refractivity contribution in [1.29, 1.82) is 0 Å². The van der Waals surface area contributed by atoms with E-state index in [2.05, 4.69) is 67.5 Å². The molecule has 0 nitrogen and oxygen atoms in total. The second-order valence-corrected chi connectivity index (χ2v) is 7.92. The molecule has 0 spiro atoms. The Morgan fingerprint density at radius 3 is 1.20 bits per heavy atom. The van der Waals surface area contributed by atoms with Crippen LogP contribution in [0.3, 0.4) is 0 Å². The van der Waals surface area contributed by atoms with E-state index in [1.165, 1.54) is 56.1 Å². The Bertz CT molecular complexity index is 373. The van der Waals surface area contributed by atoms with Gasteiger partial charge in [0, 0.05) is 0 Å². The normalized spacial score (nSPS) is 10.2. The Morgan fingerprint density at radius 2 is 1.00 bits per heavy atom. The summed E-state index contributed by atoms with van der Waals surface area (Å²) in [5.74, 6) is 1.59. The average Bonchev–Trinajstić information content (AvgIpc) is 2.57. The lowest BCUT2D eigenvalue weighted by molar-refractivity contribution is 0.581. The maximum atomic E-state index is 2.42. The van der Waals surface area contributed by atoms with Gasteiger partial charge in [0.2, 0.25) is 0 Å². The molecule has 1 aromatic rings. The van der Waals surface area contributed by atoms with Gasteiger partial charge < -0.3 is 0 Å².